The lowest BCUT2D eigenvalue weighted by Crippen LogP contribution is -2.31. The van der Waals surface area contributed by atoms with Gasteiger partial charge < -0.3 is 10.4 Å². The standard InChI is InChI=1S/C19H30N2O2/c1-15(2)18(22)12-19(23)20-13-16-8-4-5-9-17(16)14-21-10-6-3-7-11-21/h4-5,8-9,15,18,22H,3,6-7,10-14H2,1-2H3,(H,20,23). The van der Waals surface area contributed by atoms with Crippen LogP contribution in [0.1, 0.15) is 50.7 Å². The summed E-state index contributed by atoms with van der Waals surface area (Å²) in [5.74, 6) is 0.0195. The van der Waals surface area contributed by atoms with Gasteiger partial charge in [-0.2, -0.15) is 0 Å². The number of carbonyl (C=O) groups is 1. The highest BCUT2D eigenvalue weighted by atomic mass is 16.3. The molecule has 23 heavy (non-hydrogen) atoms. The summed E-state index contributed by atoms with van der Waals surface area (Å²) in [5.41, 5.74) is 2.46. The van der Waals surface area contributed by atoms with Crippen molar-refractivity contribution in [2.45, 2.75) is 58.7 Å². The van der Waals surface area contributed by atoms with E-state index in [1.807, 2.05) is 19.9 Å². The molecule has 1 unspecified atom stereocenters. The summed E-state index contributed by atoms with van der Waals surface area (Å²) in [6.45, 7) is 7.68. The molecule has 1 amide bonds. The Morgan fingerprint density at radius 1 is 1.17 bits per heavy atom. The van der Waals surface area contributed by atoms with Crippen LogP contribution >= 0.6 is 0 Å². The molecule has 0 aromatic heterocycles. The van der Waals surface area contributed by atoms with Gasteiger partial charge in [-0.25, -0.2) is 0 Å². The highest BCUT2D eigenvalue weighted by Crippen LogP contribution is 2.16. The third kappa shape index (κ3) is 5.96. The fraction of sp³-hybridized carbons (Fsp3) is 0.632. The van der Waals surface area contributed by atoms with Gasteiger partial charge in [-0.1, -0.05) is 44.5 Å². The van der Waals surface area contributed by atoms with Crippen molar-refractivity contribution in [1.29, 1.82) is 0 Å². The second-order valence-corrected chi connectivity index (χ2v) is 6.90. The molecular weight excluding hydrogens is 288 g/mol. The third-order valence-electron chi connectivity index (χ3n) is 4.60. The van der Waals surface area contributed by atoms with Gasteiger partial charge in [0.1, 0.15) is 0 Å². The maximum absolute atomic E-state index is 12.0. The van der Waals surface area contributed by atoms with E-state index >= 15 is 0 Å². The van der Waals surface area contributed by atoms with Crippen LogP contribution in [0.2, 0.25) is 0 Å². The van der Waals surface area contributed by atoms with Crippen LogP contribution in [0.15, 0.2) is 24.3 Å². The lowest BCUT2D eigenvalue weighted by molar-refractivity contribution is -0.123. The smallest absolute Gasteiger partial charge is 0.222 e. The van der Waals surface area contributed by atoms with E-state index in [1.165, 1.54) is 43.5 Å². The molecular formula is C19H30N2O2. The monoisotopic (exact) mass is 318 g/mol. The molecule has 0 bridgehead atoms. The number of hydrogen-bond acceptors (Lipinski definition) is 3. The molecule has 2 rings (SSSR count). The molecule has 4 nitrogen and oxygen atoms in total. The van der Waals surface area contributed by atoms with E-state index in [1.54, 1.807) is 0 Å². The molecule has 1 aromatic carbocycles. The van der Waals surface area contributed by atoms with E-state index in [2.05, 4.69) is 28.4 Å². The molecule has 2 N–H and O–H groups in total. The molecule has 0 spiro atoms. The van der Waals surface area contributed by atoms with Crippen LogP contribution in [0, 0.1) is 5.92 Å². The quantitative estimate of drug-likeness (QED) is 0.813. The second kappa shape index (κ2) is 9.04. The minimum atomic E-state index is -0.571. The number of piperidine rings is 1. The van der Waals surface area contributed by atoms with Crippen LogP contribution in [0.3, 0.4) is 0 Å². The average Bonchev–Trinajstić information content (AvgIpc) is 2.55. The zero-order valence-corrected chi connectivity index (χ0v) is 14.4. The predicted octanol–water partition coefficient (Wildman–Crippen LogP) is 2.70. The van der Waals surface area contributed by atoms with Gasteiger partial charge in [0, 0.05) is 13.1 Å². The van der Waals surface area contributed by atoms with Gasteiger partial charge in [0.15, 0.2) is 0 Å². The van der Waals surface area contributed by atoms with Crippen molar-refractivity contribution in [3.63, 3.8) is 0 Å². The maximum atomic E-state index is 12.0. The minimum Gasteiger partial charge on any atom is -0.392 e. The molecule has 1 aliphatic heterocycles. The van der Waals surface area contributed by atoms with Gasteiger partial charge in [-0.15, -0.1) is 0 Å². The van der Waals surface area contributed by atoms with Crippen LogP contribution in [-0.4, -0.2) is 35.1 Å². The number of nitrogens with zero attached hydrogens (tertiary/aromatic N) is 1. The zero-order chi connectivity index (χ0) is 16.7. The van der Waals surface area contributed by atoms with Gasteiger partial charge in [-0.05, 0) is 43.0 Å². The topological polar surface area (TPSA) is 52.6 Å². The molecule has 128 valence electrons. The lowest BCUT2D eigenvalue weighted by atomic mass is 10.0. The van der Waals surface area contributed by atoms with Gasteiger partial charge >= 0.3 is 0 Å². The van der Waals surface area contributed by atoms with Crippen molar-refractivity contribution in [2.24, 2.45) is 5.92 Å². The fourth-order valence-corrected chi connectivity index (χ4v) is 2.93. The summed E-state index contributed by atoms with van der Waals surface area (Å²) in [5, 5.41) is 12.7. The number of nitrogens with one attached hydrogen (secondary N) is 1. The number of benzene rings is 1. The maximum Gasteiger partial charge on any atom is 0.222 e. The summed E-state index contributed by atoms with van der Waals surface area (Å²) in [6.07, 6.45) is 3.51. The molecule has 4 heteroatoms. The Hall–Kier alpha value is -1.39. The Morgan fingerprint density at radius 2 is 1.83 bits per heavy atom. The zero-order valence-electron chi connectivity index (χ0n) is 14.4. The van der Waals surface area contributed by atoms with Gasteiger partial charge in [-0.3, -0.25) is 9.69 Å². The van der Waals surface area contributed by atoms with Gasteiger partial charge in [0.05, 0.1) is 12.5 Å². The molecule has 0 saturated carbocycles. The Bertz CT molecular complexity index is 496. The number of hydrogen-bond donors (Lipinski definition) is 2. The van der Waals surface area contributed by atoms with E-state index in [9.17, 15) is 9.90 Å². The molecule has 1 saturated heterocycles. The summed E-state index contributed by atoms with van der Waals surface area (Å²) in [6, 6.07) is 8.31. The van der Waals surface area contributed by atoms with Crippen LogP contribution < -0.4 is 5.32 Å². The van der Waals surface area contributed by atoms with Crippen molar-refractivity contribution >= 4 is 5.91 Å². The second-order valence-electron chi connectivity index (χ2n) is 6.90. The normalized spacial score (nSPS) is 17.2. The fourth-order valence-electron chi connectivity index (χ4n) is 2.93. The third-order valence-corrected chi connectivity index (χ3v) is 4.60. The van der Waals surface area contributed by atoms with E-state index in [4.69, 9.17) is 0 Å². The van der Waals surface area contributed by atoms with Crippen LogP contribution in [-0.2, 0) is 17.9 Å². The Morgan fingerprint density at radius 3 is 2.48 bits per heavy atom. The summed E-state index contributed by atoms with van der Waals surface area (Å²) < 4.78 is 0. The highest BCUT2D eigenvalue weighted by Gasteiger charge is 2.15. The van der Waals surface area contributed by atoms with Crippen molar-refractivity contribution in [2.75, 3.05) is 13.1 Å². The molecule has 0 aliphatic carbocycles. The van der Waals surface area contributed by atoms with E-state index in [0.29, 0.717) is 6.54 Å². The number of carbonyl (C=O) groups excluding carboxylic acids is 1. The summed E-state index contributed by atoms with van der Waals surface area (Å²) in [7, 11) is 0. The number of amides is 1. The van der Waals surface area contributed by atoms with E-state index in [-0.39, 0.29) is 18.2 Å². The molecule has 0 radical (unpaired) electrons. The average molecular weight is 318 g/mol. The number of aliphatic hydroxyl groups is 1. The van der Waals surface area contributed by atoms with Gasteiger partial charge in [0.2, 0.25) is 5.91 Å². The molecule has 1 atom stereocenters. The molecule has 1 heterocycles. The van der Waals surface area contributed by atoms with Crippen LogP contribution in [0.25, 0.3) is 0 Å². The first-order valence-electron chi connectivity index (χ1n) is 8.80. The number of aliphatic hydroxyl groups excluding tert-OH is 1. The minimum absolute atomic E-state index is 0.0843. The van der Waals surface area contributed by atoms with Crippen molar-refractivity contribution in [3.05, 3.63) is 35.4 Å². The Labute approximate surface area is 139 Å². The SMILES string of the molecule is CC(C)C(O)CC(=O)NCc1ccccc1CN1CCCCC1. The molecule has 1 fully saturated rings. The predicted molar refractivity (Wildman–Crippen MR) is 92.9 cm³/mol. The Kier molecular flexibility index (Phi) is 7.06. The number of rotatable bonds is 7. The highest BCUT2D eigenvalue weighted by molar-refractivity contribution is 5.76. The lowest BCUT2D eigenvalue weighted by Gasteiger charge is -2.27. The summed E-state index contributed by atoms with van der Waals surface area (Å²) in [4.78, 5) is 14.4. The van der Waals surface area contributed by atoms with Crippen LogP contribution in [0.5, 0.6) is 0 Å². The largest absolute Gasteiger partial charge is 0.392 e. The Balaban J connectivity index is 1.88. The first kappa shape index (κ1) is 18.0. The number of likely N-dealkylation sites (tertiary alicyclic amines) is 1. The van der Waals surface area contributed by atoms with Crippen molar-refractivity contribution in [1.82, 2.24) is 10.2 Å². The van der Waals surface area contributed by atoms with Crippen molar-refractivity contribution < 1.29 is 9.90 Å². The summed E-state index contributed by atoms with van der Waals surface area (Å²) >= 11 is 0. The molecule has 1 aromatic rings. The van der Waals surface area contributed by atoms with Crippen LogP contribution in [0.4, 0.5) is 0 Å². The molecule has 1 aliphatic rings. The van der Waals surface area contributed by atoms with Gasteiger partial charge in [0.25, 0.3) is 0 Å². The van der Waals surface area contributed by atoms with E-state index < -0.39 is 6.10 Å². The first-order valence-corrected chi connectivity index (χ1v) is 8.80. The first-order chi connectivity index (χ1) is 11.1. The van der Waals surface area contributed by atoms with E-state index in [0.717, 1.165) is 6.54 Å². The van der Waals surface area contributed by atoms with Crippen molar-refractivity contribution in [3.8, 4) is 0 Å².